The number of nitro groups is 1. The molecule has 26 heavy (non-hydrogen) atoms. The van der Waals surface area contributed by atoms with Crippen molar-refractivity contribution in [2.75, 3.05) is 19.6 Å². The molecule has 1 fully saturated rings. The first-order valence-electron chi connectivity index (χ1n) is 8.92. The summed E-state index contributed by atoms with van der Waals surface area (Å²) in [5.41, 5.74) is 1.89. The molecule has 1 heterocycles. The molecule has 1 atom stereocenters. The van der Waals surface area contributed by atoms with Crippen molar-refractivity contribution in [2.24, 2.45) is 0 Å². The lowest BCUT2D eigenvalue weighted by Gasteiger charge is -2.25. The van der Waals surface area contributed by atoms with Gasteiger partial charge in [0.2, 0.25) is 5.91 Å². The van der Waals surface area contributed by atoms with Crippen LogP contribution in [0, 0.1) is 10.1 Å². The van der Waals surface area contributed by atoms with Crippen molar-refractivity contribution in [3.05, 3.63) is 75.8 Å². The summed E-state index contributed by atoms with van der Waals surface area (Å²) >= 11 is 0. The minimum Gasteiger partial charge on any atom is -0.348 e. The first-order valence-corrected chi connectivity index (χ1v) is 8.92. The molecule has 6 heteroatoms. The third-order valence-corrected chi connectivity index (χ3v) is 4.69. The van der Waals surface area contributed by atoms with E-state index in [-0.39, 0.29) is 24.1 Å². The van der Waals surface area contributed by atoms with Crippen LogP contribution in [0.2, 0.25) is 0 Å². The first kappa shape index (κ1) is 18.1. The van der Waals surface area contributed by atoms with Crippen LogP contribution in [-0.4, -0.2) is 35.4 Å². The Morgan fingerprint density at radius 3 is 2.35 bits per heavy atom. The highest BCUT2D eigenvalue weighted by Gasteiger charge is 2.20. The van der Waals surface area contributed by atoms with Crippen LogP contribution in [0.5, 0.6) is 0 Å². The monoisotopic (exact) mass is 353 g/mol. The van der Waals surface area contributed by atoms with Gasteiger partial charge in [0, 0.05) is 18.7 Å². The van der Waals surface area contributed by atoms with Gasteiger partial charge in [0.05, 0.1) is 17.4 Å². The maximum absolute atomic E-state index is 12.5. The van der Waals surface area contributed by atoms with E-state index in [1.54, 1.807) is 12.1 Å². The Morgan fingerprint density at radius 1 is 1.08 bits per heavy atom. The first-order chi connectivity index (χ1) is 12.6. The molecule has 0 radical (unpaired) electrons. The number of carbonyl (C=O) groups is 1. The Balaban J connectivity index is 1.65. The number of benzene rings is 2. The Bertz CT molecular complexity index is 741. The van der Waals surface area contributed by atoms with Crippen LogP contribution in [0.4, 0.5) is 5.69 Å². The van der Waals surface area contributed by atoms with Gasteiger partial charge in [-0.1, -0.05) is 42.5 Å². The summed E-state index contributed by atoms with van der Waals surface area (Å²) in [6, 6.07) is 16.1. The van der Waals surface area contributed by atoms with E-state index in [9.17, 15) is 14.9 Å². The van der Waals surface area contributed by atoms with Gasteiger partial charge in [0.15, 0.2) is 0 Å². The number of amides is 1. The fourth-order valence-corrected chi connectivity index (χ4v) is 3.31. The van der Waals surface area contributed by atoms with Crippen LogP contribution in [0.15, 0.2) is 54.6 Å². The number of hydrogen-bond donors (Lipinski definition) is 1. The summed E-state index contributed by atoms with van der Waals surface area (Å²) in [5, 5.41) is 13.9. The van der Waals surface area contributed by atoms with E-state index in [4.69, 9.17) is 0 Å². The van der Waals surface area contributed by atoms with Crippen molar-refractivity contribution in [3.8, 4) is 0 Å². The number of rotatable bonds is 7. The van der Waals surface area contributed by atoms with Crippen molar-refractivity contribution in [2.45, 2.75) is 25.3 Å². The minimum absolute atomic E-state index is 0.0327. The van der Waals surface area contributed by atoms with E-state index in [1.807, 2.05) is 30.3 Å². The van der Waals surface area contributed by atoms with Crippen molar-refractivity contribution in [3.63, 3.8) is 0 Å². The molecule has 1 amide bonds. The number of hydrogen-bond acceptors (Lipinski definition) is 4. The Morgan fingerprint density at radius 2 is 1.73 bits per heavy atom. The number of nitro benzene ring substituents is 1. The highest BCUT2D eigenvalue weighted by Crippen LogP contribution is 2.18. The fraction of sp³-hybridized carbons (Fsp3) is 0.350. The average Bonchev–Trinajstić information content (AvgIpc) is 3.15. The molecular formula is C20H23N3O3. The van der Waals surface area contributed by atoms with Crippen LogP contribution in [0.1, 0.15) is 30.0 Å². The molecule has 6 nitrogen and oxygen atoms in total. The molecule has 1 N–H and O–H groups in total. The maximum atomic E-state index is 12.5. The summed E-state index contributed by atoms with van der Waals surface area (Å²) in [6.07, 6.45) is 2.62. The lowest BCUT2D eigenvalue weighted by molar-refractivity contribution is -0.384. The summed E-state index contributed by atoms with van der Waals surface area (Å²) in [5.74, 6) is -0.0769. The molecule has 1 saturated heterocycles. The Labute approximate surface area is 153 Å². The second-order valence-electron chi connectivity index (χ2n) is 6.64. The number of nitrogens with zero attached hydrogens (tertiary/aromatic N) is 2. The molecule has 0 spiro atoms. The molecule has 1 aliphatic rings. The van der Waals surface area contributed by atoms with Gasteiger partial charge in [0.1, 0.15) is 0 Å². The lowest BCUT2D eigenvalue weighted by Crippen LogP contribution is -2.37. The van der Waals surface area contributed by atoms with Crippen LogP contribution in [0.3, 0.4) is 0 Å². The second kappa shape index (κ2) is 8.58. The third kappa shape index (κ3) is 4.89. The second-order valence-corrected chi connectivity index (χ2v) is 6.64. The molecule has 0 bridgehead atoms. The van der Waals surface area contributed by atoms with Crippen molar-refractivity contribution in [1.29, 1.82) is 0 Å². The SMILES string of the molecule is O=C(Cc1ccc([N+](=O)[O-])cc1)N[C@@H](CN1CCCC1)c1ccccc1. The summed E-state index contributed by atoms with van der Waals surface area (Å²) in [4.78, 5) is 25.2. The highest BCUT2D eigenvalue weighted by molar-refractivity contribution is 5.79. The van der Waals surface area contributed by atoms with Crippen LogP contribution >= 0.6 is 0 Å². The van der Waals surface area contributed by atoms with Crippen LogP contribution < -0.4 is 5.32 Å². The molecule has 3 rings (SSSR count). The summed E-state index contributed by atoms with van der Waals surface area (Å²) in [7, 11) is 0. The number of likely N-dealkylation sites (tertiary alicyclic amines) is 1. The molecule has 0 aliphatic carbocycles. The van der Waals surface area contributed by atoms with Gasteiger partial charge >= 0.3 is 0 Å². The topological polar surface area (TPSA) is 75.5 Å². The number of non-ortho nitro benzene ring substituents is 1. The normalized spacial score (nSPS) is 15.5. The zero-order chi connectivity index (χ0) is 18.4. The quantitative estimate of drug-likeness (QED) is 0.613. The highest BCUT2D eigenvalue weighted by atomic mass is 16.6. The van der Waals surface area contributed by atoms with Crippen molar-refractivity contribution < 1.29 is 9.72 Å². The zero-order valence-corrected chi connectivity index (χ0v) is 14.6. The fourth-order valence-electron chi connectivity index (χ4n) is 3.31. The molecule has 0 saturated carbocycles. The molecule has 1 aliphatic heterocycles. The molecule has 0 aromatic heterocycles. The van der Waals surface area contributed by atoms with Crippen molar-refractivity contribution >= 4 is 11.6 Å². The predicted molar refractivity (Wildman–Crippen MR) is 99.8 cm³/mol. The van der Waals surface area contributed by atoms with E-state index in [1.165, 1.54) is 25.0 Å². The largest absolute Gasteiger partial charge is 0.348 e. The average molecular weight is 353 g/mol. The zero-order valence-electron chi connectivity index (χ0n) is 14.6. The third-order valence-electron chi connectivity index (χ3n) is 4.69. The minimum atomic E-state index is -0.439. The Kier molecular flexibility index (Phi) is 5.96. The van der Waals surface area contributed by atoms with Crippen molar-refractivity contribution in [1.82, 2.24) is 10.2 Å². The van der Waals surface area contributed by atoms with E-state index in [0.717, 1.165) is 30.8 Å². The van der Waals surface area contributed by atoms with Crippen LogP contribution in [-0.2, 0) is 11.2 Å². The van der Waals surface area contributed by atoms with Gasteiger partial charge in [-0.2, -0.15) is 0 Å². The summed E-state index contributed by atoms with van der Waals surface area (Å²) < 4.78 is 0. The van der Waals surface area contributed by atoms with E-state index in [2.05, 4.69) is 10.2 Å². The van der Waals surface area contributed by atoms with Gasteiger partial charge < -0.3 is 10.2 Å². The standard InChI is InChI=1S/C20H23N3O3/c24-20(14-16-8-10-18(11-9-16)23(25)26)21-19(15-22-12-4-5-13-22)17-6-2-1-3-7-17/h1-3,6-11,19H,4-5,12-15H2,(H,21,24)/t19-/m0/s1. The lowest BCUT2D eigenvalue weighted by atomic mass is 10.1. The molecule has 0 unspecified atom stereocenters. The van der Waals surface area contributed by atoms with Crippen LogP contribution in [0.25, 0.3) is 0 Å². The van der Waals surface area contributed by atoms with E-state index < -0.39 is 4.92 Å². The van der Waals surface area contributed by atoms with E-state index in [0.29, 0.717) is 0 Å². The van der Waals surface area contributed by atoms with Gasteiger partial charge in [-0.25, -0.2) is 0 Å². The molecule has 136 valence electrons. The van der Waals surface area contributed by atoms with Gasteiger partial charge in [-0.15, -0.1) is 0 Å². The number of carbonyl (C=O) groups excluding carboxylic acids is 1. The molecular weight excluding hydrogens is 330 g/mol. The maximum Gasteiger partial charge on any atom is 0.269 e. The van der Waals surface area contributed by atoms with Gasteiger partial charge in [0.25, 0.3) is 5.69 Å². The molecule has 2 aromatic rings. The van der Waals surface area contributed by atoms with E-state index >= 15 is 0 Å². The Hall–Kier alpha value is -2.73. The smallest absolute Gasteiger partial charge is 0.269 e. The predicted octanol–water partition coefficient (Wildman–Crippen LogP) is 3.09. The molecule has 2 aromatic carbocycles. The number of nitrogens with one attached hydrogen (secondary N) is 1. The summed E-state index contributed by atoms with van der Waals surface area (Å²) in [6.45, 7) is 2.94. The van der Waals surface area contributed by atoms with Gasteiger partial charge in [-0.3, -0.25) is 14.9 Å². The van der Waals surface area contributed by atoms with Gasteiger partial charge in [-0.05, 0) is 37.1 Å².